The van der Waals surface area contributed by atoms with Gasteiger partial charge >= 0.3 is 0 Å². The molecule has 0 saturated heterocycles. The van der Waals surface area contributed by atoms with Crippen molar-refractivity contribution in [3.8, 4) is 0 Å². The van der Waals surface area contributed by atoms with Gasteiger partial charge in [0.05, 0.1) is 0 Å². The molecule has 1 aliphatic rings. The van der Waals surface area contributed by atoms with Crippen molar-refractivity contribution < 1.29 is 0 Å². The smallest absolute Gasteiger partial charge is 0.00104 e. The van der Waals surface area contributed by atoms with Crippen LogP contribution in [0, 0.1) is 17.8 Å². The van der Waals surface area contributed by atoms with Gasteiger partial charge in [0.25, 0.3) is 0 Å². The van der Waals surface area contributed by atoms with Gasteiger partial charge in [-0.05, 0) is 50.5 Å². The molecule has 1 saturated carbocycles. The summed E-state index contributed by atoms with van der Waals surface area (Å²) in [5.41, 5.74) is 1.37. The minimum Gasteiger partial charge on any atom is -0.314 e. The molecule has 0 bridgehead atoms. The third-order valence-electron chi connectivity index (χ3n) is 4.34. The van der Waals surface area contributed by atoms with Gasteiger partial charge in [-0.2, -0.15) is 0 Å². The lowest BCUT2D eigenvalue weighted by molar-refractivity contribution is 0.165. The third kappa shape index (κ3) is 5.56. The lowest BCUT2D eigenvalue weighted by atomic mass is 9.70. The molecule has 0 amide bonds. The van der Waals surface area contributed by atoms with Crippen LogP contribution in [-0.4, -0.2) is 12.6 Å². The molecule has 3 unspecified atom stereocenters. The predicted molar refractivity (Wildman–Crippen MR) is 81.8 cm³/mol. The van der Waals surface area contributed by atoms with E-state index in [1.165, 1.54) is 50.6 Å². The topological polar surface area (TPSA) is 12.0 Å². The van der Waals surface area contributed by atoms with E-state index in [2.05, 4.69) is 39.6 Å². The van der Waals surface area contributed by atoms with Gasteiger partial charge in [0.2, 0.25) is 0 Å². The summed E-state index contributed by atoms with van der Waals surface area (Å²) in [6.45, 7) is 14.3. The summed E-state index contributed by atoms with van der Waals surface area (Å²) in [6.07, 6.45) is 8.32. The Labute approximate surface area is 114 Å². The first-order valence-corrected chi connectivity index (χ1v) is 7.90. The van der Waals surface area contributed by atoms with E-state index in [0.717, 1.165) is 17.8 Å². The van der Waals surface area contributed by atoms with E-state index in [1.807, 2.05) is 0 Å². The standard InChI is InChI=1S/C17H33N/c1-6-7-15-8-9-16(12-18-14(4)5)17(11-15)10-13(2)3/h14-18H,2,6-12H2,1,3-5H3. The molecule has 0 radical (unpaired) electrons. The Morgan fingerprint density at radius 2 is 2.00 bits per heavy atom. The maximum atomic E-state index is 4.13. The molecule has 1 fully saturated rings. The second kappa shape index (κ2) is 7.99. The summed E-state index contributed by atoms with van der Waals surface area (Å²) in [5.74, 6) is 2.73. The van der Waals surface area contributed by atoms with E-state index in [1.54, 1.807) is 0 Å². The van der Waals surface area contributed by atoms with Gasteiger partial charge < -0.3 is 5.32 Å². The molecule has 0 aromatic carbocycles. The molecule has 1 N–H and O–H groups in total. The van der Waals surface area contributed by atoms with Gasteiger partial charge in [-0.25, -0.2) is 0 Å². The van der Waals surface area contributed by atoms with Gasteiger partial charge in [0, 0.05) is 6.04 Å². The number of hydrogen-bond acceptors (Lipinski definition) is 1. The summed E-state index contributed by atoms with van der Waals surface area (Å²) in [6, 6.07) is 0.615. The van der Waals surface area contributed by atoms with Gasteiger partial charge in [-0.1, -0.05) is 45.6 Å². The second-order valence-electron chi connectivity index (χ2n) is 6.71. The second-order valence-corrected chi connectivity index (χ2v) is 6.71. The molecule has 1 rings (SSSR count). The first-order valence-electron chi connectivity index (χ1n) is 7.90. The largest absolute Gasteiger partial charge is 0.314 e. The molecule has 18 heavy (non-hydrogen) atoms. The molecule has 0 heterocycles. The molecule has 1 nitrogen and oxygen atoms in total. The van der Waals surface area contributed by atoms with Crippen molar-refractivity contribution in [3.63, 3.8) is 0 Å². The molecule has 0 aliphatic heterocycles. The highest BCUT2D eigenvalue weighted by Gasteiger charge is 2.29. The van der Waals surface area contributed by atoms with Crippen LogP contribution in [0.15, 0.2) is 12.2 Å². The normalized spacial score (nSPS) is 28.6. The lowest BCUT2D eigenvalue weighted by Crippen LogP contribution is -2.36. The third-order valence-corrected chi connectivity index (χ3v) is 4.34. The molecule has 0 aromatic heterocycles. The fourth-order valence-corrected chi connectivity index (χ4v) is 3.45. The minimum atomic E-state index is 0.615. The van der Waals surface area contributed by atoms with E-state index in [9.17, 15) is 0 Å². The zero-order valence-corrected chi connectivity index (χ0v) is 13.0. The van der Waals surface area contributed by atoms with Crippen LogP contribution >= 0.6 is 0 Å². The molecule has 0 spiro atoms. The minimum absolute atomic E-state index is 0.615. The predicted octanol–water partition coefficient (Wildman–Crippen LogP) is 4.78. The van der Waals surface area contributed by atoms with Crippen LogP contribution in [-0.2, 0) is 0 Å². The molecular weight excluding hydrogens is 218 g/mol. The Morgan fingerprint density at radius 3 is 2.56 bits per heavy atom. The van der Waals surface area contributed by atoms with E-state index >= 15 is 0 Å². The lowest BCUT2D eigenvalue weighted by Gasteiger charge is -2.37. The van der Waals surface area contributed by atoms with Gasteiger partial charge in [-0.3, -0.25) is 0 Å². The zero-order chi connectivity index (χ0) is 13.5. The van der Waals surface area contributed by atoms with Crippen molar-refractivity contribution in [1.82, 2.24) is 5.32 Å². The van der Waals surface area contributed by atoms with E-state index in [-0.39, 0.29) is 0 Å². The van der Waals surface area contributed by atoms with Crippen molar-refractivity contribution in [2.45, 2.75) is 72.3 Å². The zero-order valence-electron chi connectivity index (χ0n) is 13.0. The van der Waals surface area contributed by atoms with Crippen LogP contribution in [0.5, 0.6) is 0 Å². The van der Waals surface area contributed by atoms with Crippen molar-refractivity contribution in [3.05, 3.63) is 12.2 Å². The number of hydrogen-bond donors (Lipinski definition) is 1. The molecule has 1 aliphatic carbocycles. The highest BCUT2D eigenvalue weighted by Crippen LogP contribution is 2.38. The Balaban J connectivity index is 2.50. The Kier molecular flexibility index (Phi) is 6.99. The molecular formula is C17H33N. The molecule has 106 valence electrons. The summed E-state index contributed by atoms with van der Waals surface area (Å²) in [5, 5.41) is 3.64. The van der Waals surface area contributed by atoms with Crippen LogP contribution < -0.4 is 5.32 Å². The van der Waals surface area contributed by atoms with Gasteiger partial charge in [0.1, 0.15) is 0 Å². The summed E-state index contributed by atoms with van der Waals surface area (Å²) < 4.78 is 0. The molecule has 3 atom stereocenters. The van der Waals surface area contributed by atoms with Gasteiger partial charge in [0.15, 0.2) is 0 Å². The number of nitrogens with one attached hydrogen (secondary N) is 1. The highest BCUT2D eigenvalue weighted by molar-refractivity contribution is 4.94. The molecule has 0 aromatic rings. The quantitative estimate of drug-likeness (QED) is 0.642. The highest BCUT2D eigenvalue weighted by atomic mass is 14.9. The first kappa shape index (κ1) is 15.8. The maximum absolute atomic E-state index is 4.13. The summed E-state index contributed by atoms with van der Waals surface area (Å²) in [7, 11) is 0. The Hall–Kier alpha value is -0.300. The van der Waals surface area contributed by atoms with Crippen molar-refractivity contribution in [2.75, 3.05) is 6.54 Å². The van der Waals surface area contributed by atoms with Crippen molar-refractivity contribution in [2.24, 2.45) is 17.8 Å². The summed E-state index contributed by atoms with van der Waals surface area (Å²) in [4.78, 5) is 0. The Bertz CT molecular complexity index is 244. The average molecular weight is 251 g/mol. The van der Waals surface area contributed by atoms with E-state index < -0.39 is 0 Å². The fraction of sp³-hybridized carbons (Fsp3) is 0.882. The number of allylic oxidation sites excluding steroid dienone is 1. The van der Waals surface area contributed by atoms with Crippen LogP contribution in [0.25, 0.3) is 0 Å². The van der Waals surface area contributed by atoms with Crippen LogP contribution in [0.3, 0.4) is 0 Å². The monoisotopic (exact) mass is 251 g/mol. The Morgan fingerprint density at radius 1 is 1.28 bits per heavy atom. The van der Waals surface area contributed by atoms with Gasteiger partial charge in [-0.15, -0.1) is 6.58 Å². The average Bonchev–Trinajstić information content (AvgIpc) is 2.27. The van der Waals surface area contributed by atoms with Crippen LogP contribution in [0.4, 0.5) is 0 Å². The maximum Gasteiger partial charge on any atom is 0.00104 e. The van der Waals surface area contributed by atoms with E-state index in [0.29, 0.717) is 6.04 Å². The van der Waals surface area contributed by atoms with Crippen LogP contribution in [0.2, 0.25) is 0 Å². The SMILES string of the molecule is C=C(C)CC1CC(CCC)CCC1CNC(C)C. The number of rotatable bonds is 7. The first-order chi connectivity index (χ1) is 8.52. The molecule has 1 heteroatoms. The summed E-state index contributed by atoms with van der Waals surface area (Å²) >= 11 is 0. The van der Waals surface area contributed by atoms with Crippen LogP contribution in [0.1, 0.15) is 66.2 Å². The fourth-order valence-electron chi connectivity index (χ4n) is 3.45. The van der Waals surface area contributed by atoms with Crippen molar-refractivity contribution >= 4 is 0 Å². The van der Waals surface area contributed by atoms with Crippen molar-refractivity contribution in [1.29, 1.82) is 0 Å². The van der Waals surface area contributed by atoms with E-state index in [4.69, 9.17) is 0 Å².